The van der Waals surface area contributed by atoms with Crippen molar-refractivity contribution in [3.63, 3.8) is 0 Å². The van der Waals surface area contributed by atoms with Gasteiger partial charge in [0, 0.05) is 10.3 Å². The number of para-hydroxylation sites is 1. The largest absolute Gasteiger partial charge is 0.422 e. The van der Waals surface area contributed by atoms with Gasteiger partial charge in [-0.15, -0.1) is 11.8 Å². The van der Waals surface area contributed by atoms with E-state index < -0.39 is 5.97 Å². The number of carbonyl (C=O) groups excluding carboxylic acids is 1. The Labute approximate surface area is 136 Å². The molecule has 6 nitrogen and oxygen atoms in total. The van der Waals surface area contributed by atoms with Crippen LogP contribution in [-0.4, -0.2) is 22.2 Å². The van der Waals surface area contributed by atoms with E-state index in [2.05, 4.69) is 9.97 Å². The van der Waals surface area contributed by atoms with Gasteiger partial charge >= 0.3 is 5.97 Å². The van der Waals surface area contributed by atoms with Gasteiger partial charge in [0.15, 0.2) is 0 Å². The average Bonchev–Trinajstić information content (AvgIpc) is 2.55. The lowest BCUT2D eigenvalue weighted by atomic mass is 10.1. The zero-order chi connectivity index (χ0) is 16.4. The number of carbonyl (C=O) groups is 1. The smallest absolute Gasteiger partial charge is 0.343 e. The first-order valence-corrected chi connectivity index (χ1v) is 7.99. The maximum Gasteiger partial charge on any atom is 0.343 e. The number of thioether (sulfide) groups is 1. The van der Waals surface area contributed by atoms with Crippen LogP contribution >= 0.6 is 11.8 Å². The molecule has 0 saturated heterocycles. The maximum atomic E-state index is 12.4. The fraction of sp³-hybridized carbons (Fsp3) is 0.0625. The summed E-state index contributed by atoms with van der Waals surface area (Å²) in [6.45, 7) is 0. The van der Waals surface area contributed by atoms with Crippen LogP contribution in [0.25, 0.3) is 10.9 Å². The van der Waals surface area contributed by atoms with Crippen LogP contribution in [0.3, 0.4) is 0 Å². The van der Waals surface area contributed by atoms with Gasteiger partial charge in [0.25, 0.3) is 0 Å². The summed E-state index contributed by atoms with van der Waals surface area (Å²) in [5, 5.41) is 0.562. The van der Waals surface area contributed by atoms with Gasteiger partial charge in [-0.2, -0.15) is 4.98 Å². The van der Waals surface area contributed by atoms with Gasteiger partial charge in [0.2, 0.25) is 5.95 Å². The Bertz CT molecular complexity index is 898. The van der Waals surface area contributed by atoms with Crippen LogP contribution in [0.4, 0.5) is 11.8 Å². The molecule has 116 valence electrons. The molecule has 4 N–H and O–H groups in total. The number of anilines is 2. The van der Waals surface area contributed by atoms with Gasteiger partial charge in [-0.3, -0.25) is 0 Å². The van der Waals surface area contributed by atoms with E-state index in [0.717, 1.165) is 4.90 Å². The second-order valence-corrected chi connectivity index (χ2v) is 5.59. The van der Waals surface area contributed by atoms with Crippen LogP contribution in [0.5, 0.6) is 5.75 Å². The molecule has 0 atom stereocenters. The summed E-state index contributed by atoms with van der Waals surface area (Å²) in [6, 6.07) is 12.2. The molecular weight excluding hydrogens is 312 g/mol. The second-order valence-electron chi connectivity index (χ2n) is 4.74. The van der Waals surface area contributed by atoms with Crippen LogP contribution < -0.4 is 16.2 Å². The Balaban J connectivity index is 1.95. The normalized spacial score (nSPS) is 10.7. The molecule has 0 aliphatic heterocycles. The summed E-state index contributed by atoms with van der Waals surface area (Å²) in [7, 11) is 0. The number of nitrogen functional groups attached to an aromatic ring is 2. The topological polar surface area (TPSA) is 104 Å². The number of nitrogens with zero attached hydrogens (tertiary/aromatic N) is 2. The minimum atomic E-state index is -0.468. The number of ether oxygens (including phenoxy) is 1. The molecule has 23 heavy (non-hydrogen) atoms. The average molecular weight is 326 g/mol. The highest BCUT2D eigenvalue weighted by atomic mass is 32.2. The third-order valence-electron chi connectivity index (χ3n) is 3.25. The van der Waals surface area contributed by atoms with E-state index in [0.29, 0.717) is 22.2 Å². The van der Waals surface area contributed by atoms with Crippen molar-refractivity contribution in [2.75, 3.05) is 17.7 Å². The Kier molecular flexibility index (Phi) is 4.03. The summed E-state index contributed by atoms with van der Waals surface area (Å²) in [4.78, 5) is 21.2. The SMILES string of the molecule is CSc1ccccc1OC(=O)c1ccc2nc(N)nc(N)c2c1. The number of aromatic nitrogens is 2. The number of nitrogens with two attached hydrogens (primary N) is 2. The fourth-order valence-corrected chi connectivity index (χ4v) is 2.69. The molecule has 7 heteroatoms. The van der Waals surface area contributed by atoms with Crippen molar-refractivity contribution in [3.8, 4) is 5.75 Å². The van der Waals surface area contributed by atoms with Gasteiger partial charge < -0.3 is 16.2 Å². The zero-order valence-corrected chi connectivity index (χ0v) is 13.1. The van der Waals surface area contributed by atoms with Gasteiger partial charge in [-0.1, -0.05) is 12.1 Å². The summed E-state index contributed by atoms with van der Waals surface area (Å²) < 4.78 is 5.47. The van der Waals surface area contributed by atoms with Crippen molar-refractivity contribution in [2.24, 2.45) is 0 Å². The lowest BCUT2D eigenvalue weighted by molar-refractivity contribution is 0.0730. The van der Waals surface area contributed by atoms with E-state index in [-0.39, 0.29) is 11.8 Å². The molecule has 0 saturated carbocycles. The van der Waals surface area contributed by atoms with Gasteiger partial charge in [0.05, 0.1) is 11.1 Å². The minimum Gasteiger partial charge on any atom is -0.422 e. The Morgan fingerprint density at radius 2 is 1.91 bits per heavy atom. The van der Waals surface area contributed by atoms with Crippen LogP contribution in [0.1, 0.15) is 10.4 Å². The third kappa shape index (κ3) is 3.04. The van der Waals surface area contributed by atoms with Crippen LogP contribution in [0, 0.1) is 0 Å². The number of benzene rings is 2. The van der Waals surface area contributed by atoms with Gasteiger partial charge in [-0.05, 0) is 36.6 Å². The summed E-state index contributed by atoms with van der Waals surface area (Å²) >= 11 is 1.51. The number of fused-ring (bicyclic) bond motifs is 1. The maximum absolute atomic E-state index is 12.4. The molecule has 0 radical (unpaired) electrons. The molecule has 3 aromatic rings. The molecule has 2 aromatic carbocycles. The van der Waals surface area contributed by atoms with Crippen LogP contribution in [0.2, 0.25) is 0 Å². The zero-order valence-electron chi connectivity index (χ0n) is 12.3. The van der Waals surface area contributed by atoms with Crippen molar-refractivity contribution >= 4 is 40.4 Å². The molecule has 3 rings (SSSR count). The molecule has 0 bridgehead atoms. The first-order chi connectivity index (χ1) is 11.1. The lowest BCUT2D eigenvalue weighted by Crippen LogP contribution is -2.09. The van der Waals surface area contributed by atoms with Gasteiger partial charge in [-0.25, -0.2) is 9.78 Å². The number of rotatable bonds is 3. The quantitative estimate of drug-likeness (QED) is 0.433. The van der Waals surface area contributed by atoms with Crippen molar-refractivity contribution in [3.05, 3.63) is 48.0 Å². The highest BCUT2D eigenvalue weighted by molar-refractivity contribution is 7.98. The third-order valence-corrected chi connectivity index (χ3v) is 4.03. The van der Waals surface area contributed by atoms with Crippen molar-refractivity contribution in [1.29, 1.82) is 0 Å². The predicted molar refractivity (Wildman–Crippen MR) is 91.5 cm³/mol. The van der Waals surface area contributed by atoms with E-state index in [1.807, 2.05) is 24.5 Å². The first-order valence-electron chi connectivity index (χ1n) is 6.76. The fourth-order valence-electron chi connectivity index (χ4n) is 2.16. The first kappa shape index (κ1) is 15.1. The molecule has 0 unspecified atom stereocenters. The number of esters is 1. The van der Waals surface area contributed by atoms with E-state index in [1.165, 1.54) is 11.8 Å². The summed E-state index contributed by atoms with van der Waals surface area (Å²) in [5.41, 5.74) is 12.3. The molecule has 1 heterocycles. The van der Waals surface area contributed by atoms with Gasteiger partial charge in [0.1, 0.15) is 11.6 Å². The van der Waals surface area contributed by atoms with Crippen molar-refractivity contribution < 1.29 is 9.53 Å². The molecule has 0 amide bonds. The summed E-state index contributed by atoms with van der Waals surface area (Å²) in [6.07, 6.45) is 1.92. The summed E-state index contributed by atoms with van der Waals surface area (Å²) in [5.74, 6) is 0.377. The van der Waals surface area contributed by atoms with Crippen molar-refractivity contribution in [2.45, 2.75) is 4.90 Å². The van der Waals surface area contributed by atoms with Crippen LogP contribution in [-0.2, 0) is 0 Å². The Morgan fingerprint density at radius 3 is 2.70 bits per heavy atom. The lowest BCUT2D eigenvalue weighted by Gasteiger charge is -2.09. The molecule has 0 spiro atoms. The monoisotopic (exact) mass is 326 g/mol. The molecular formula is C16H14N4O2S. The van der Waals surface area contributed by atoms with Crippen LogP contribution in [0.15, 0.2) is 47.4 Å². The predicted octanol–water partition coefficient (Wildman–Crippen LogP) is 2.74. The Hall–Kier alpha value is -2.80. The molecule has 0 fully saturated rings. The van der Waals surface area contributed by atoms with E-state index in [4.69, 9.17) is 16.2 Å². The number of hydrogen-bond acceptors (Lipinski definition) is 7. The molecule has 0 aliphatic carbocycles. The van der Waals surface area contributed by atoms with E-state index in [1.54, 1.807) is 24.3 Å². The number of hydrogen-bond donors (Lipinski definition) is 2. The van der Waals surface area contributed by atoms with E-state index in [9.17, 15) is 4.79 Å². The molecule has 1 aromatic heterocycles. The second kappa shape index (κ2) is 6.13. The highest BCUT2D eigenvalue weighted by Crippen LogP contribution is 2.28. The highest BCUT2D eigenvalue weighted by Gasteiger charge is 2.13. The molecule has 0 aliphatic rings. The minimum absolute atomic E-state index is 0.0965. The standard InChI is InChI=1S/C16H14N4O2S/c1-23-13-5-3-2-4-12(13)22-15(21)9-6-7-11-10(8-9)14(17)20-16(18)19-11/h2-8H,1H3,(H4,17,18,19,20). The van der Waals surface area contributed by atoms with Crippen molar-refractivity contribution in [1.82, 2.24) is 9.97 Å². The van der Waals surface area contributed by atoms with E-state index >= 15 is 0 Å². The Morgan fingerprint density at radius 1 is 1.13 bits per heavy atom.